The fraction of sp³-hybridized carbons (Fsp3) is 0.0476. The summed E-state index contributed by atoms with van der Waals surface area (Å²) in [7, 11) is 3.00. The van der Waals surface area contributed by atoms with Gasteiger partial charge in [-0.15, -0.1) is 12.4 Å². The zero-order valence-electron chi connectivity index (χ0n) is 31.8. The summed E-state index contributed by atoms with van der Waals surface area (Å²) in [5, 5.41) is 17.3. The minimum absolute atomic E-state index is 0. The summed E-state index contributed by atoms with van der Waals surface area (Å²) in [4.78, 5) is 59.1. The van der Waals surface area contributed by atoms with E-state index in [2.05, 4.69) is 30.8 Å². The lowest BCUT2D eigenvalue weighted by molar-refractivity contribution is -0.0000416. The average Bonchev–Trinajstić information content (AvgIpc) is 3.26. The van der Waals surface area contributed by atoms with E-state index in [1.165, 1.54) is 56.9 Å². The topological polar surface area (TPSA) is 203 Å². The van der Waals surface area contributed by atoms with E-state index >= 15 is 0 Å². The first-order valence-corrected chi connectivity index (χ1v) is 17.9. The molecule has 0 aliphatic carbocycles. The molecule has 0 unspecified atom stereocenters. The number of halogens is 5. The fourth-order valence-corrected chi connectivity index (χ4v) is 4.98. The van der Waals surface area contributed by atoms with Crippen molar-refractivity contribution in [3.8, 4) is 17.6 Å². The quantitative estimate of drug-likeness (QED) is 0.0666. The Morgan fingerprint density at radius 1 is 0.705 bits per heavy atom. The molecule has 4 aromatic carbocycles. The average molecular weight is 909 g/mol. The maximum Gasteiger partial charge on any atom is 0.259 e. The van der Waals surface area contributed by atoms with Crippen LogP contribution < -0.4 is 35.9 Å². The minimum Gasteiger partial charge on any atom is -1.00 e. The van der Waals surface area contributed by atoms with Crippen LogP contribution in [0.25, 0.3) is 4.85 Å². The third-order valence-corrected chi connectivity index (χ3v) is 8.33. The number of nitrogens with zero attached hydrogens (tertiary/aromatic N) is 4. The molecule has 0 bridgehead atoms. The summed E-state index contributed by atoms with van der Waals surface area (Å²) in [6, 6.07) is 30.3. The van der Waals surface area contributed by atoms with Crippen molar-refractivity contribution < 1.29 is 34.8 Å². The van der Waals surface area contributed by atoms with E-state index in [9.17, 15) is 19.2 Å². The number of aromatic nitrogens is 2. The Labute approximate surface area is 371 Å². The van der Waals surface area contributed by atoms with Gasteiger partial charge in [-0.25, -0.2) is 14.8 Å². The second kappa shape index (κ2) is 24.6. The summed E-state index contributed by atoms with van der Waals surface area (Å²) in [6.45, 7) is 6.63. The van der Waals surface area contributed by atoms with Gasteiger partial charge in [0.2, 0.25) is 0 Å². The largest absolute Gasteiger partial charge is 1.00 e. The molecular formula is C42H34Cl4FN8O6-. The van der Waals surface area contributed by atoms with Gasteiger partial charge < -0.3 is 35.9 Å². The van der Waals surface area contributed by atoms with Gasteiger partial charge in [0.05, 0.1) is 59.3 Å². The van der Waals surface area contributed by atoms with E-state index in [0.717, 1.165) is 0 Å². The number of pyridine rings is 2. The fourth-order valence-electron chi connectivity index (χ4n) is 4.63. The molecule has 0 spiro atoms. The van der Waals surface area contributed by atoms with E-state index in [1.807, 2.05) is 6.07 Å². The second-order valence-electron chi connectivity index (χ2n) is 11.6. The van der Waals surface area contributed by atoms with Crippen LogP contribution in [-0.4, -0.2) is 47.2 Å². The first-order valence-electron chi connectivity index (χ1n) is 16.8. The molecule has 0 saturated heterocycles. The van der Waals surface area contributed by atoms with Gasteiger partial charge >= 0.3 is 0 Å². The van der Waals surface area contributed by atoms with Gasteiger partial charge in [-0.3, -0.25) is 19.2 Å². The van der Waals surface area contributed by atoms with Gasteiger partial charge in [-0.2, -0.15) is 5.26 Å². The predicted octanol–water partition coefficient (Wildman–Crippen LogP) is 6.99. The van der Waals surface area contributed by atoms with Crippen LogP contribution in [0.15, 0.2) is 122 Å². The van der Waals surface area contributed by atoms with Crippen LogP contribution in [-0.2, 0) is 0 Å². The number of hydrogen-bond acceptors (Lipinski definition) is 10. The Bertz CT molecular complexity index is 2540. The van der Waals surface area contributed by atoms with Crippen LogP contribution in [0, 0.1) is 17.9 Å². The maximum absolute atomic E-state index is 12.8. The molecule has 0 fully saturated rings. The SMILES string of the molecule is COc1ccc(N)c(C(=O)Nc2ccc(Cl)cn2)c1.COc1ccc(NC(=O)c2ccc(C#N)cc2)c(C(=O)Nc2ccc(Cl)cn2)c1.Cl.[2HH].[C-]#[N+]c1ccc(C(=O)Cl)cc1.[F-]. The van der Waals surface area contributed by atoms with Crippen molar-refractivity contribution in [2.24, 2.45) is 0 Å². The molecule has 2 aromatic heterocycles. The molecule has 0 aliphatic rings. The number of ether oxygens (including phenoxy) is 2. The van der Waals surface area contributed by atoms with E-state index < -0.39 is 17.1 Å². The third kappa shape index (κ3) is 15.1. The van der Waals surface area contributed by atoms with Crippen molar-refractivity contribution in [2.45, 2.75) is 0 Å². The maximum atomic E-state index is 12.8. The molecule has 0 radical (unpaired) electrons. The standard InChI is InChI=1S/C21H15ClN4O3.C13H12ClN3O2.C8H4ClNO.ClH.FH.H2/c1-29-16-7-8-18(25-20(27)14-4-2-13(11-23)3-5-14)17(10-16)21(28)26-19-9-6-15(22)12-24-19;1-19-9-3-4-11(15)10(6-9)13(18)17-12-5-2-8(14)7-16-12;1-10-7-4-2-6(3-5-7)8(9)11;;;/h2-10,12H,1H3,(H,25,27)(H,24,26,28);2-7H,15H2,1H3,(H,16,17,18);2-5H;3*1H/p-1/i;;;;;1+1. The molecule has 14 nitrogen and oxygen atoms in total. The highest BCUT2D eigenvalue weighted by Gasteiger charge is 2.17. The van der Waals surface area contributed by atoms with Crippen LogP contribution in [0.1, 0.15) is 48.4 Å². The number of nitrogens with one attached hydrogen (secondary N) is 3. The first kappa shape index (κ1) is 49.9. The number of amides is 3. The summed E-state index contributed by atoms with van der Waals surface area (Å²) in [6.07, 6.45) is 2.86. The van der Waals surface area contributed by atoms with E-state index in [1.54, 1.807) is 78.9 Å². The number of hydrogen-bond donors (Lipinski definition) is 4. The normalized spacial score (nSPS) is 9.43. The Morgan fingerprint density at radius 2 is 1.20 bits per heavy atom. The Balaban J connectivity index is 0.000000502. The van der Waals surface area contributed by atoms with Crippen molar-refractivity contribution in [1.29, 1.82) is 5.26 Å². The highest BCUT2D eigenvalue weighted by molar-refractivity contribution is 6.67. The van der Waals surface area contributed by atoms with Crippen molar-refractivity contribution in [3.05, 3.63) is 171 Å². The van der Waals surface area contributed by atoms with E-state index in [4.69, 9.17) is 61.8 Å². The van der Waals surface area contributed by atoms with E-state index in [0.29, 0.717) is 72.5 Å². The van der Waals surface area contributed by atoms with Crippen molar-refractivity contribution in [1.82, 2.24) is 9.97 Å². The van der Waals surface area contributed by atoms with Crippen molar-refractivity contribution >= 4 is 98.9 Å². The molecular weight excluding hydrogens is 873 g/mol. The second-order valence-corrected chi connectivity index (χ2v) is 12.8. The lowest BCUT2D eigenvalue weighted by Gasteiger charge is -2.13. The Kier molecular flexibility index (Phi) is 20.1. The molecule has 6 aromatic rings. The number of nitriles is 1. The Hall–Kier alpha value is -7.27. The summed E-state index contributed by atoms with van der Waals surface area (Å²) in [5.74, 6) is 0.473. The lowest BCUT2D eigenvalue weighted by Crippen LogP contribution is -3.00. The van der Waals surface area contributed by atoms with Crippen LogP contribution in [0.5, 0.6) is 11.5 Å². The summed E-state index contributed by atoms with van der Waals surface area (Å²) in [5.41, 5.74) is 8.68. The summed E-state index contributed by atoms with van der Waals surface area (Å²) >= 11 is 16.7. The Morgan fingerprint density at radius 3 is 1.66 bits per heavy atom. The molecule has 61 heavy (non-hydrogen) atoms. The molecule has 2 heterocycles. The number of anilines is 4. The van der Waals surface area contributed by atoms with Crippen LogP contribution in [0.2, 0.25) is 10.0 Å². The van der Waals surface area contributed by atoms with Gasteiger partial charge in [0.25, 0.3) is 23.0 Å². The monoisotopic (exact) mass is 906 g/mol. The van der Waals surface area contributed by atoms with Crippen LogP contribution in [0.4, 0.5) is 28.7 Å². The van der Waals surface area contributed by atoms with Gasteiger partial charge in [-0.05, 0) is 96.5 Å². The number of carbonyl (C=O) groups excluding carboxylic acids is 4. The molecule has 0 aliphatic heterocycles. The summed E-state index contributed by atoms with van der Waals surface area (Å²) < 4.78 is 10.2. The van der Waals surface area contributed by atoms with Crippen LogP contribution in [0.3, 0.4) is 0 Å². The molecule has 19 heteroatoms. The highest BCUT2D eigenvalue weighted by atomic mass is 35.5. The number of benzene rings is 4. The lowest BCUT2D eigenvalue weighted by atomic mass is 10.1. The highest BCUT2D eigenvalue weighted by Crippen LogP contribution is 2.25. The first-order chi connectivity index (χ1) is 28.3. The third-order valence-electron chi connectivity index (χ3n) is 7.66. The van der Waals surface area contributed by atoms with Crippen LogP contribution >= 0.6 is 47.2 Å². The number of nitrogens with two attached hydrogens (primary N) is 1. The number of nitrogen functional groups attached to an aromatic ring is 1. The number of methoxy groups -OCH3 is 2. The zero-order valence-corrected chi connectivity index (χ0v) is 34.9. The van der Waals surface area contributed by atoms with Gasteiger partial charge in [0.1, 0.15) is 23.1 Å². The number of rotatable bonds is 9. The number of carbonyl (C=O) groups is 4. The minimum atomic E-state index is -0.499. The zero-order chi connectivity index (χ0) is 42.9. The molecule has 3 amide bonds. The van der Waals surface area contributed by atoms with Crippen molar-refractivity contribution in [3.63, 3.8) is 0 Å². The molecule has 0 atom stereocenters. The van der Waals surface area contributed by atoms with Gasteiger partial charge in [0, 0.05) is 30.6 Å². The van der Waals surface area contributed by atoms with E-state index in [-0.39, 0.29) is 30.0 Å². The van der Waals surface area contributed by atoms with Crippen molar-refractivity contribution in [2.75, 3.05) is 35.9 Å². The molecule has 314 valence electrons. The predicted molar refractivity (Wildman–Crippen MR) is 236 cm³/mol. The molecule has 5 N–H and O–H groups in total. The smallest absolute Gasteiger partial charge is 0.259 e. The van der Waals surface area contributed by atoms with Gasteiger partial charge in [0.15, 0.2) is 5.69 Å². The molecule has 0 saturated carbocycles. The molecule has 6 rings (SSSR count). The van der Waals surface area contributed by atoms with Gasteiger partial charge in [-0.1, -0.05) is 47.5 Å².